The number of hydrogen-bond donors (Lipinski definition) is 2. The Morgan fingerprint density at radius 1 is 0.923 bits per heavy atom. The van der Waals surface area contributed by atoms with Crippen molar-refractivity contribution >= 4 is 23.2 Å². The zero-order valence-corrected chi connectivity index (χ0v) is 15.3. The normalized spacial score (nSPS) is 10.1. The van der Waals surface area contributed by atoms with Crippen molar-refractivity contribution in [1.82, 2.24) is 0 Å². The lowest BCUT2D eigenvalue weighted by molar-refractivity contribution is -0.118. The molecule has 2 aromatic rings. The molecule has 0 bridgehead atoms. The highest BCUT2D eigenvalue weighted by atomic mass is 16.5. The lowest BCUT2D eigenvalue weighted by Gasteiger charge is -2.12. The highest BCUT2D eigenvalue weighted by molar-refractivity contribution is 5.93. The number of amides is 2. The molecule has 0 radical (unpaired) electrons. The molecule has 6 nitrogen and oxygen atoms in total. The molecule has 26 heavy (non-hydrogen) atoms. The van der Waals surface area contributed by atoms with Gasteiger partial charge >= 0.3 is 0 Å². The maximum Gasteiger partial charge on any atom is 0.262 e. The van der Waals surface area contributed by atoms with Crippen LogP contribution in [0.5, 0.6) is 11.5 Å². The molecule has 0 unspecified atom stereocenters. The number of benzene rings is 2. The van der Waals surface area contributed by atoms with Crippen molar-refractivity contribution in [1.29, 1.82) is 0 Å². The number of ether oxygens (including phenoxy) is 2. The first kappa shape index (κ1) is 19.3. The summed E-state index contributed by atoms with van der Waals surface area (Å²) in [5.74, 6) is 0.798. The van der Waals surface area contributed by atoms with E-state index >= 15 is 0 Å². The van der Waals surface area contributed by atoms with E-state index in [-0.39, 0.29) is 18.4 Å². The molecule has 0 aliphatic heterocycles. The third kappa shape index (κ3) is 5.81. The first-order valence-corrected chi connectivity index (χ1v) is 8.49. The molecule has 0 saturated carbocycles. The van der Waals surface area contributed by atoms with Crippen molar-refractivity contribution in [3.8, 4) is 11.5 Å². The van der Waals surface area contributed by atoms with Crippen molar-refractivity contribution < 1.29 is 19.1 Å². The van der Waals surface area contributed by atoms with Gasteiger partial charge in [-0.05, 0) is 55.3 Å². The second kappa shape index (κ2) is 9.46. The number of aryl methyl sites for hydroxylation is 1. The van der Waals surface area contributed by atoms with E-state index in [1.807, 2.05) is 26.0 Å². The van der Waals surface area contributed by atoms with Gasteiger partial charge in [-0.3, -0.25) is 9.59 Å². The van der Waals surface area contributed by atoms with Gasteiger partial charge in [0.25, 0.3) is 5.91 Å². The molecule has 2 N–H and O–H groups in total. The Morgan fingerprint density at radius 2 is 1.54 bits per heavy atom. The van der Waals surface area contributed by atoms with Crippen LogP contribution in [-0.2, 0) is 9.59 Å². The summed E-state index contributed by atoms with van der Waals surface area (Å²) in [6.07, 6.45) is 1.28. The zero-order valence-electron chi connectivity index (χ0n) is 15.3. The van der Waals surface area contributed by atoms with Crippen LogP contribution >= 0.6 is 0 Å². The van der Waals surface area contributed by atoms with Gasteiger partial charge in [0.15, 0.2) is 18.1 Å². The van der Waals surface area contributed by atoms with Crippen LogP contribution in [0.1, 0.15) is 25.3 Å². The molecule has 2 amide bonds. The Balaban J connectivity index is 1.87. The standard InChI is InChI=1S/C20H24N2O4/c1-4-5-19(23)21-15-7-9-16(10-8-15)22-20(24)13-26-17-11-6-14(2)12-18(17)25-3/h6-12H,4-5,13H2,1-3H3,(H,21,23)(H,22,24). The van der Waals surface area contributed by atoms with Gasteiger partial charge in [-0.2, -0.15) is 0 Å². The lowest BCUT2D eigenvalue weighted by Crippen LogP contribution is -2.20. The van der Waals surface area contributed by atoms with Crippen LogP contribution in [0.3, 0.4) is 0 Å². The summed E-state index contributed by atoms with van der Waals surface area (Å²) in [6.45, 7) is 3.77. The summed E-state index contributed by atoms with van der Waals surface area (Å²) in [5.41, 5.74) is 2.37. The first-order chi connectivity index (χ1) is 12.5. The fourth-order valence-corrected chi connectivity index (χ4v) is 2.32. The molecule has 0 spiro atoms. The van der Waals surface area contributed by atoms with E-state index < -0.39 is 0 Å². The monoisotopic (exact) mass is 356 g/mol. The number of hydrogen-bond acceptors (Lipinski definition) is 4. The molecule has 0 atom stereocenters. The minimum Gasteiger partial charge on any atom is -0.493 e. The van der Waals surface area contributed by atoms with Crippen LogP contribution in [0.25, 0.3) is 0 Å². The summed E-state index contributed by atoms with van der Waals surface area (Å²) >= 11 is 0. The van der Waals surface area contributed by atoms with Crippen LogP contribution in [0.2, 0.25) is 0 Å². The smallest absolute Gasteiger partial charge is 0.262 e. The molecule has 0 aliphatic rings. The molecule has 2 rings (SSSR count). The van der Waals surface area contributed by atoms with Crippen molar-refractivity contribution in [2.75, 3.05) is 24.4 Å². The maximum absolute atomic E-state index is 12.1. The summed E-state index contributed by atoms with van der Waals surface area (Å²) < 4.78 is 10.8. The minimum atomic E-state index is -0.282. The van der Waals surface area contributed by atoms with Gasteiger partial charge < -0.3 is 20.1 Å². The van der Waals surface area contributed by atoms with Crippen molar-refractivity contribution in [2.45, 2.75) is 26.7 Å². The molecule has 6 heteroatoms. The SMILES string of the molecule is CCCC(=O)Nc1ccc(NC(=O)COc2ccc(C)cc2OC)cc1. The number of carbonyl (C=O) groups is 2. The Bertz CT molecular complexity index is 757. The van der Waals surface area contributed by atoms with E-state index in [9.17, 15) is 9.59 Å². The fraction of sp³-hybridized carbons (Fsp3) is 0.300. The molecule has 138 valence electrons. The molecule has 0 fully saturated rings. The van der Waals surface area contributed by atoms with Gasteiger partial charge in [-0.15, -0.1) is 0 Å². The molecule has 0 aromatic heterocycles. The van der Waals surface area contributed by atoms with Crippen molar-refractivity contribution in [2.24, 2.45) is 0 Å². The van der Waals surface area contributed by atoms with E-state index in [0.29, 0.717) is 29.3 Å². The van der Waals surface area contributed by atoms with Crippen LogP contribution in [-0.4, -0.2) is 25.5 Å². The number of nitrogens with one attached hydrogen (secondary N) is 2. The Labute approximate surface area is 153 Å². The van der Waals surface area contributed by atoms with Crippen molar-refractivity contribution in [3.63, 3.8) is 0 Å². The third-order valence-corrected chi connectivity index (χ3v) is 3.61. The van der Waals surface area contributed by atoms with Gasteiger partial charge in [-0.1, -0.05) is 13.0 Å². The molecule has 0 heterocycles. The van der Waals surface area contributed by atoms with Gasteiger partial charge in [-0.25, -0.2) is 0 Å². The fourth-order valence-electron chi connectivity index (χ4n) is 2.32. The second-order valence-corrected chi connectivity index (χ2v) is 5.87. The van der Waals surface area contributed by atoms with Crippen molar-refractivity contribution in [3.05, 3.63) is 48.0 Å². The average Bonchev–Trinajstić information content (AvgIpc) is 2.62. The number of methoxy groups -OCH3 is 1. The van der Waals surface area contributed by atoms with Crippen LogP contribution < -0.4 is 20.1 Å². The second-order valence-electron chi connectivity index (χ2n) is 5.87. The summed E-state index contributed by atoms with van der Waals surface area (Å²) in [5, 5.41) is 5.55. The number of rotatable bonds is 8. The van der Waals surface area contributed by atoms with Crippen LogP contribution in [0.4, 0.5) is 11.4 Å². The van der Waals surface area contributed by atoms with E-state index in [1.54, 1.807) is 37.4 Å². The highest BCUT2D eigenvalue weighted by Gasteiger charge is 2.08. The Hall–Kier alpha value is -3.02. The molecular weight excluding hydrogens is 332 g/mol. The van der Waals surface area contributed by atoms with Crippen LogP contribution in [0, 0.1) is 6.92 Å². The molecule has 0 saturated heterocycles. The summed E-state index contributed by atoms with van der Waals surface area (Å²) in [4.78, 5) is 23.6. The third-order valence-electron chi connectivity index (χ3n) is 3.61. The maximum atomic E-state index is 12.1. The Morgan fingerprint density at radius 3 is 2.12 bits per heavy atom. The predicted molar refractivity (Wildman–Crippen MR) is 102 cm³/mol. The van der Waals surface area contributed by atoms with E-state index in [0.717, 1.165) is 12.0 Å². The highest BCUT2D eigenvalue weighted by Crippen LogP contribution is 2.27. The number of carbonyl (C=O) groups excluding carboxylic acids is 2. The van der Waals surface area contributed by atoms with Gasteiger partial charge in [0, 0.05) is 17.8 Å². The van der Waals surface area contributed by atoms with Crippen LogP contribution in [0.15, 0.2) is 42.5 Å². The van der Waals surface area contributed by atoms with Gasteiger partial charge in [0.05, 0.1) is 7.11 Å². The molecular formula is C20H24N2O4. The zero-order chi connectivity index (χ0) is 18.9. The Kier molecular flexibility index (Phi) is 7.02. The average molecular weight is 356 g/mol. The summed E-state index contributed by atoms with van der Waals surface area (Å²) in [6, 6.07) is 12.5. The van der Waals surface area contributed by atoms with Gasteiger partial charge in [0.1, 0.15) is 0 Å². The summed E-state index contributed by atoms with van der Waals surface area (Å²) in [7, 11) is 1.56. The minimum absolute atomic E-state index is 0.0234. The van der Waals surface area contributed by atoms with Gasteiger partial charge in [0.2, 0.25) is 5.91 Å². The first-order valence-electron chi connectivity index (χ1n) is 8.49. The predicted octanol–water partition coefficient (Wildman–Crippen LogP) is 3.76. The van der Waals surface area contributed by atoms with E-state index in [2.05, 4.69) is 10.6 Å². The van der Waals surface area contributed by atoms with E-state index in [4.69, 9.17) is 9.47 Å². The molecule has 2 aromatic carbocycles. The quantitative estimate of drug-likeness (QED) is 0.755. The largest absolute Gasteiger partial charge is 0.493 e. The van der Waals surface area contributed by atoms with E-state index in [1.165, 1.54) is 0 Å². The number of anilines is 2. The topological polar surface area (TPSA) is 76.7 Å². The lowest BCUT2D eigenvalue weighted by atomic mass is 10.2. The molecule has 0 aliphatic carbocycles.